The van der Waals surface area contributed by atoms with Crippen LogP contribution in [0.15, 0.2) is 42.6 Å². The van der Waals surface area contributed by atoms with Gasteiger partial charge in [0.15, 0.2) is 0 Å². The summed E-state index contributed by atoms with van der Waals surface area (Å²) in [4.78, 5) is 34.5. The molecule has 1 aliphatic heterocycles. The third-order valence-electron chi connectivity index (χ3n) is 4.72. The first kappa shape index (κ1) is 20.4. The molecule has 1 aromatic heterocycles. The Morgan fingerprint density at radius 2 is 2.00 bits per heavy atom. The summed E-state index contributed by atoms with van der Waals surface area (Å²) in [7, 11) is 1.53. The molecule has 1 unspecified atom stereocenters. The lowest BCUT2D eigenvalue weighted by Gasteiger charge is -2.30. The molecule has 7 nitrogen and oxygen atoms in total. The number of urea groups is 1. The van der Waals surface area contributed by atoms with E-state index in [4.69, 9.17) is 0 Å². The van der Waals surface area contributed by atoms with E-state index in [1.54, 1.807) is 11.1 Å². The van der Waals surface area contributed by atoms with Gasteiger partial charge >= 0.3 is 6.03 Å². The van der Waals surface area contributed by atoms with E-state index in [1.165, 1.54) is 10.6 Å². The largest absolute Gasteiger partial charge is 0.341 e. The molecular weight excluding hydrogens is 469 g/mol. The number of rotatable bonds is 5. The molecule has 8 heteroatoms. The van der Waals surface area contributed by atoms with Crippen molar-refractivity contribution in [2.24, 2.45) is 5.92 Å². The van der Waals surface area contributed by atoms with Crippen molar-refractivity contribution in [3.63, 3.8) is 0 Å². The van der Waals surface area contributed by atoms with Crippen molar-refractivity contribution in [1.82, 2.24) is 25.5 Å². The number of nitrogens with zero attached hydrogens (tertiary/aromatic N) is 2. The quantitative estimate of drug-likeness (QED) is 0.442. The molecule has 148 valence electrons. The number of hydrogen-bond acceptors (Lipinski definition) is 3. The van der Waals surface area contributed by atoms with E-state index < -0.39 is 6.04 Å². The summed E-state index contributed by atoms with van der Waals surface area (Å²) in [5, 5.41) is 5.26. The Morgan fingerprint density at radius 3 is 2.64 bits per heavy atom. The predicted octanol–water partition coefficient (Wildman–Crippen LogP) is 3.07. The monoisotopic (exact) mass is 493 g/mol. The van der Waals surface area contributed by atoms with Gasteiger partial charge in [0, 0.05) is 17.2 Å². The minimum atomic E-state index is -0.604. The summed E-state index contributed by atoms with van der Waals surface area (Å²) in [6.45, 7) is 4.32. The zero-order chi connectivity index (χ0) is 20.3. The zero-order valence-corrected chi connectivity index (χ0v) is 18.2. The normalized spacial score (nSPS) is 17.0. The number of amides is 3. The molecule has 1 aliphatic rings. The molecule has 3 N–H and O–H groups in total. The van der Waals surface area contributed by atoms with Crippen molar-refractivity contribution in [1.29, 1.82) is 0 Å². The fourth-order valence-corrected chi connectivity index (χ4v) is 3.51. The molecule has 3 rings (SSSR count). The number of aromatic nitrogens is 2. The molecular formula is C20H24IN5O2. The summed E-state index contributed by atoms with van der Waals surface area (Å²) in [5.74, 6) is 0.545. The molecule has 3 amide bonds. The van der Waals surface area contributed by atoms with Crippen LogP contribution in [0.1, 0.15) is 25.7 Å². The standard InChI is InChI=1S/C20H24IN5O2/c1-12(2)17(25-20(28)22-3)19(27)26-10-4-5-16(26)18-23-11-15(24-18)13-6-8-14(21)9-7-13/h4-9,11-12,16-17H,10H2,1-3H3,(H,23,24)(H2,22,25,28)/t16-,17?/m0/s1. The van der Waals surface area contributed by atoms with E-state index >= 15 is 0 Å². The van der Waals surface area contributed by atoms with Crippen LogP contribution < -0.4 is 10.6 Å². The van der Waals surface area contributed by atoms with Crippen LogP contribution in [0.5, 0.6) is 0 Å². The van der Waals surface area contributed by atoms with E-state index in [1.807, 2.05) is 50.3 Å². The number of carbonyl (C=O) groups is 2. The second kappa shape index (κ2) is 8.76. The van der Waals surface area contributed by atoms with Gasteiger partial charge in [-0.15, -0.1) is 0 Å². The lowest BCUT2D eigenvalue weighted by Crippen LogP contribution is -2.53. The van der Waals surface area contributed by atoms with E-state index in [0.29, 0.717) is 12.4 Å². The van der Waals surface area contributed by atoms with Gasteiger partial charge in [0.2, 0.25) is 5.91 Å². The van der Waals surface area contributed by atoms with Gasteiger partial charge in [-0.1, -0.05) is 38.1 Å². The number of halogens is 1. The molecule has 2 aromatic rings. The Bertz CT molecular complexity index is 875. The Hall–Kier alpha value is -2.36. The molecule has 0 bridgehead atoms. The molecule has 1 aromatic carbocycles. The van der Waals surface area contributed by atoms with Crippen molar-refractivity contribution < 1.29 is 9.59 Å². The molecule has 0 spiro atoms. The number of hydrogen-bond donors (Lipinski definition) is 3. The molecule has 0 saturated heterocycles. The SMILES string of the molecule is CNC(=O)NC(C(=O)N1CC=C[C@H]1c1ncc(-c2ccc(I)cc2)[nH]1)C(C)C. The fraction of sp³-hybridized carbons (Fsp3) is 0.350. The molecule has 28 heavy (non-hydrogen) atoms. The lowest BCUT2D eigenvalue weighted by atomic mass is 10.0. The predicted molar refractivity (Wildman–Crippen MR) is 117 cm³/mol. The number of benzene rings is 1. The van der Waals surface area contributed by atoms with Crippen LogP contribution in [0.3, 0.4) is 0 Å². The highest BCUT2D eigenvalue weighted by Gasteiger charge is 2.34. The number of aromatic amines is 1. The molecule has 0 radical (unpaired) electrons. The zero-order valence-electron chi connectivity index (χ0n) is 16.1. The second-order valence-corrected chi connectivity index (χ2v) is 8.24. The van der Waals surface area contributed by atoms with Gasteiger partial charge in [-0.2, -0.15) is 0 Å². The van der Waals surface area contributed by atoms with Gasteiger partial charge in [-0.25, -0.2) is 9.78 Å². The van der Waals surface area contributed by atoms with Crippen molar-refractivity contribution in [3.8, 4) is 11.3 Å². The summed E-state index contributed by atoms with van der Waals surface area (Å²) < 4.78 is 1.17. The van der Waals surface area contributed by atoms with Crippen LogP contribution in [-0.2, 0) is 4.79 Å². The summed E-state index contributed by atoms with van der Waals surface area (Å²) in [5.41, 5.74) is 1.95. The number of imidazole rings is 1. The van der Waals surface area contributed by atoms with Crippen LogP contribution in [0.4, 0.5) is 4.79 Å². The second-order valence-electron chi connectivity index (χ2n) is 7.00. The van der Waals surface area contributed by atoms with Crippen LogP contribution in [0.25, 0.3) is 11.3 Å². The summed E-state index contributed by atoms with van der Waals surface area (Å²) >= 11 is 2.27. The molecule has 0 fully saturated rings. The molecule has 2 atom stereocenters. The summed E-state index contributed by atoms with van der Waals surface area (Å²) in [6, 6.07) is 6.91. The van der Waals surface area contributed by atoms with Crippen molar-refractivity contribution in [2.75, 3.05) is 13.6 Å². The van der Waals surface area contributed by atoms with Crippen molar-refractivity contribution in [2.45, 2.75) is 25.9 Å². The minimum absolute atomic E-state index is 0.0370. The van der Waals surface area contributed by atoms with Crippen LogP contribution in [-0.4, -0.2) is 46.4 Å². The maximum Gasteiger partial charge on any atom is 0.315 e. The maximum absolute atomic E-state index is 13.1. The fourth-order valence-electron chi connectivity index (χ4n) is 3.16. The highest BCUT2D eigenvalue weighted by atomic mass is 127. The van der Waals surface area contributed by atoms with E-state index in [2.05, 4.69) is 43.2 Å². The third kappa shape index (κ3) is 4.37. The van der Waals surface area contributed by atoms with Crippen LogP contribution >= 0.6 is 22.6 Å². The third-order valence-corrected chi connectivity index (χ3v) is 5.44. The first-order chi connectivity index (χ1) is 13.4. The average molecular weight is 493 g/mol. The highest BCUT2D eigenvalue weighted by Crippen LogP contribution is 2.28. The van der Waals surface area contributed by atoms with Crippen molar-refractivity contribution >= 4 is 34.5 Å². The molecule has 0 aliphatic carbocycles. The van der Waals surface area contributed by atoms with Gasteiger partial charge < -0.3 is 20.5 Å². The average Bonchev–Trinajstić information content (AvgIpc) is 3.34. The van der Waals surface area contributed by atoms with E-state index in [0.717, 1.165) is 11.3 Å². The Kier molecular flexibility index (Phi) is 6.38. The lowest BCUT2D eigenvalue weighted by molar-refractivity contribution is -0.134. The van der Waals surface area contributed by atoms with Crippen molar-refractivity contribution in [3.05, 3.63) is 52.0 Å². The van der Waals surface area contributed by atoms with Gasteiger partial charge in [-0.05, 0) is 46.2 Å². The molecule has 0 saturated carbocycles. The van der Waals surface area contributed by atoms with Crippen LogP contribution in [0, 0.1) is 9.49 Å². The smallest absolute Gasteiger partial charge is 0.315 e. The number of carbonyl (C=O) groups excluding carboxylic acids is 2. The summed E-state index contributed by atoms with van der Waals surface area (Å²) in [6.07, 6.45) is 5.70. The highest BCUT2D eigenvalue weighted by molar-refractivity contribution is 14.1. The van der Waals surface area contributed by atoms with E-state index in [9.17, 15) is 9.59 Å². The van der Waals surface area contributed by atoms with Crippen LogP contribution in [0.2, 0.25) is 0 Å². The van der Waals surface area contributed by atoms with Gasteiger partial charge in [-0.3, -0.25) is 4.79 Å². The van der Waals surface area contributed by atoms with Gasteiger partial charge in [0.1, 0.15) is 17.9 Å². The van der Waals surface area contributed by atoms with Gasteiger partial charge in [0.25, 0.3) is 0 Å². The Morgan fingerprint density at radius 1 is 1.29 bits per heavy atom. The first-order valence-electron chi connectivity index (χ1n) is 9.17. The number of nitrogens with one attached hydrogen (secondary N) is 3. The minimum Gasteiger partial charge on any atom is -0.341 e. The Labute approximate surface area is 178 Å². The van der Waals surface area contributed by atoms with Gasteiger partial charge in [0.05, 0.1) is 11.9 Å². The maximum atomic E-state index is 13.1. The first-order valence-corrected chi connectivity index (χ1v) is 10.2. The van der Waals surface area contributed by atoms with E-state index in [-0.39, 0.29) is 23.9 Å². The number of H-pyrrole nitrogens is 1. The molecule has 2 heterocycles. The topological polar surface area (TPSA) is 90.1 Å². The Balaban J connectivity index is 1.80.